The summed E-state index contributed by atoms with van der Waals surface area (Å²) < 4.78 is 10.0. The van der Waals surface area contributed by atoms with E-state index in [0.717, 1.165) is 0 Å². The lowest BCUT2D eigenvalue weighted by Crippen LogP contribution is -2.25. The van der Waals surface area contributed by atoms with Crippen LogP contribution in [0.1, 0.15) is 30.6 Å². The zero-order chi connectivity index (χ0) is 13.5. The summed E-state index contributed by atoms with van der Waals surface area (Å²) in [5, 5.41) is 0. The fourth-order valence-corrected chi connectivity index (χ4v) is 1.74. The number of benzene rings is 1. The maximum absolute atomic E-state index is 12.3. The molecule has 0 saturated heterocycles. The minimum absolute atomic E-state index is 0.256. The van der Waals surface area contributed by atoms with Gasteiger partial charge in [-0.2, -0.15) is 0 Å². The van der Waals surface area contributed by atoms with Crippen molar-refractivity contribution < 1.29 is 19.1 Å². The highest BCUT2D eigenvalue weighted by molar-refractivity contribution is 6.10. The van der Waals surface area contributed by atoms with Crippen molar-refractivity contribution in [3.05, 3.63) is 29.8 Å². The number of hydrogen-bond acceptors (Lipinski definition) is 4. The Hall–Kier alpha value is -1.84. The van der Waals surface area contributed by atoms with E-state index in [-0.39, 0.29) is 5.78 Å². The largest absolute Gasteiger partial charge is 0.493 e. The average molecular weight is 250 g/mol. The van der Waals surface area contributed by atoms with E-state index in [2.05, 4.69) is 4.74 Å². The van der Waals surface area contributed by atoms with Crippen LogP contribution in [-0.4, -0.2) is 25.5 Å². The lowest BCUT2D eigenvalue weighted by atomic mass is 9.95. The Kier molecular flexibility index (Phi) is 5.36. The molecule has 0 amide bonds. The number of rotatable bonds is 6. The van der Waals surface area contributed by atoms with Crippen molar-refractivity contribution in [2.75, 3.05) is 13.7 Å². The third kappa shape index (κ3) is 3.09. The molecule has 0 aliphatic rings. The number of hydrogen-bond donors (Lipinski definition) is 0. The molecule has 1 aromatic carbocycles. The van der Waals surface area contributed by atoms with Crippen LogP contribution < -0.4 is 4.74 Å². The molecule has 1 aromatic rings. The average Bonchev–Trinajstić information content (AvgIpc) is 2.40. The van der Waals surface area contributed by atoms with Gasteiger partial charge in [-0.15, -0.1) is 0 Å². The van der Waals surface area contributed by atoms with Crippen molar-refractivity contribution in [2.45, 2.75) is 20.3 Å². The SMILES string of the molecule is CCOc1ccccc1C(=O)C(CC)C(=O)OC. The first-order valence-corrected chi connectivity index (χ1v) is 5.99. The van der Waals surface area contributed by atoms with E-state index in [1.165, 1.54) is 7.11 Å². The summed E-state index contributed by atoms with van der Waals surface area (Å²) in [6.45, 7) is 4.10. The molecule has 0 aliphatic carbocycles. The second kappa shape index (κ2) is 6.79. The Morgan fingerprint density at radius 2 is 1.89 bits per heavy atom. The fourth-order valence-electron chi connectivity index (χ4n) is 1.74. The van der Waals surface area contributed by atoms with Crippen molar-refractivity contribution in [1.29, 1.82) is 0 Å². The van der Waals surface area contributed by atoms with Gasteiger partial charge in [0.05, 0.1) is 19.3 Å². The second-order valence-electron chi connectivity index (χ2n) is 3.78. The molecule has 0 bridgehead atoms. The van der Waals surface area contributed by atoms with Crippen LogP contribution in [0.2, 0.25) is 0 Å². The summed E-state index contributed by atoms with van der Waals surface area (Å²) in [6, 6.07) is 6.93. The summed E-state index contributed by atoms with van der Waals surface area (Å²) in [7, 11) is 1.28. The Balaban J connectivity index is 3.05. The van der Waals surface area contributed by atoms with Crippen LogP contribution >= 0.6 is 0 Å². The molecule has 0 fully saturated rings. The number of carbonyl (C=O) groups excluding carboxylic acids is 2. The lowest BCUT2D eigenvalue weighted by Gasteiger charge is -2.14. The molecule has 0 aliphatic heterocycles. The van der Waals surface area contributed by atoms with E-state index < -0.39 is 11.9 Å². The fraction of sp³-hybridized carbons (Fsp3) is 0.429. The van der Waals surface area contributed by atoms with E-state index >= 15 is 0 Å². The van der Waals surface area contributed by atoms with Gasteiger partial charge in [-0.05, 0) is 25.5 Å². The van der Waals surface area contributed by atoms with Crippen molar-refractivity contribution >= 4 is 11.8 Å². The van der Waals surface area contributed by atoms with Gasteiger partial charge in [0.15, 0.2) is 5.78 Å². The first-order valence-electron chi connectivity index (χ1n) is 5.99. The summed E-state index contributed by atoms with van der Waals surface area (Å²) in [5.41, 5.74) is 0.427. The monoisotopic (exact) mass is 250 g/mol. The van der Waals surface area contributed by atoms with Crippen LogP contribution in [0.25, 0.3) is 0 Å². The van der Waals surface area contributed by atoms with Gasteiger partial charge in [-0.1, -0.05) is 19.1 Å². The number of para-hydroxylation sites is 1. The molecule has 98 valence electrons. The van der Waals surface area contributed by atoms with E-state index in [1.54, 1.807) is 31.2 Å². The normalized spacial score (nSPS) is 11.7. The third-order valence-electron chi connectivity index (χ3n) is 2.66. The third-order valence-corrected chi connectivity index (χ3v) is 2.66. The Morgan fingerprint density at radius 1 is 1.22 bits per heavy atom. The zero-order valence-electron chi connectivity index (χ0n) is 10.9. The number of methoxy groups -OCH3 is 1. The van der Waals surface area contributed by atoms with E-state index in [4.69, 9.17) is 4.74 Å². The predicted molar refractivity (Wildman–Crippen MR) is 67.7 cm³/mol. The molecule has 4 nitrogen and oxygen atoms in total. The Morgan fingerprint density at radius 3 is 2.44 bits per heavy atom. The molecule has 0 spiro atoms. The highest BCUT2D eigenvalue weighted by Crippen LogP contribution is 2.23. The second-order valence-corrected chi connectivity index (χ2v) is 3.78. The van der Waals surface area contributed by atoms with Crippen LogP contribution in [0, 0.1) is 5.92 Å². The summed E-state index contributed by atoms with van der Waals surface area (Å²) >= 11 is 0. The van der Waals surface area contributed by atoms with Crippen LogP contribution in [-0.2, 0) is 9.53 Å². The van der Waals surface area contributed by atoms with Crippen molar-refractivity contribution in [3.8, 4) is 5.75 Å². The van der Waals surface area contributed by atoms with Crippen LogP contribution in [0.4, 0.5) is 0 Å². The maximum Gasteiger partial charge on any atom is 0.316 e. The van der Waals surface area contributed by atoms with E-state index in [1.807, 2.05) is 6.92 Å². The molecule has 0 N–H and O–H groups in total. The number of Topliss-reactive ketones (excluding diaryl/α,β-unsaturated/α-hetero) is 1. The minimum atomic E-state index is -0.767. The molecular weight excluding hydrogens is 232 g/mol. The molecule has 1 rings (SSSR count). The van der Waals surface area contributed by atoms with Gasteiger partial charge in [0.25, 0.3) is 0 Å². The molecule has 18 heavy (non-hydrogen) atoms. The zero-order valence-corrected chi connectivity index (χ0v) is 10.9. The van der Waals surface area contributed by atoms with Gasteiger partial charge in [0.1, 0.15) is 11.7 Å². The number of ether oxygens (including phenoxy) is 2. The van der Waals surface area contributed by atoms with Crippen LogP contribution in [0.3, 0.4) is 0 Å². The number of carbonyl (C=O) groups is 2. The summed E-state index contributed by atoms with van der Waals surface area (Å²) in [4.78, 5) is 23.8. The van der Waals surface area contributed by atoms with Crippen molar-refractivity contribution in [3.63, 3.8) is 0 Å². The highest BCUT2D eigenvalue weighted by Gasteiger charge is 2.28. The Labute approximate surface area is 107 Å². The topological polar surface area (TPSA) is 52.6 Å². The van der Waals surface area contributed by atoms with Gasteiger partial charge in [0, 0.05) is 0 Å². The van der Waals surface area contributed by atoms with Crippen molar-refractivity contribution in [2.24, 2.45) is 5.92 Å². The first kappa shape index (κ1) is 14.2. The number of esters is 1. The molecule has 0 aromatic heterocycles. The minimum Gasteiger partial charge on any atom is -0.493 e. The van der Waals surface area contributed by atoms with Gasteiger partial charge in [-0.3, -0.25) is 9.59 Å². The summed E-state index contributed by atoms with van der Waals surface area (Å²) in [6.07, 6.45) is 0.409. The van der Waals surface area contributed by atoms with Gasteiger partial charge < -0.3 is 9.47 Å². The first-order chi connectivity index (χ1) is 8.65. The molecule has 1 unspecified atom stereocenters. The van der Waals surface area contributed by atoms with Crippen LogP contribution in [0.15, 0.2) is 24.3 Å². The van der Waals surface area contributed by atoms with Gasteiger partial charge >= 0.3 is 5.97 Å². The summed E-state index contributed by atoms with van der Waals surface area (Å²) in [5.74, 6) is -1.02. The molecular formula is C14H18O4. The molecule has 4 heteroatoms. The van der Waals surface area contributed by atoms with Crippen molar-refractivity contribution in [1.82, 2.24) is 0 Å². The Bertz CT molecular complexity index is 426. The molecule has 0 radical (unpaired) electrons. The van der Waals surface area contributed by atoms with Gasteiger partial charge in [0.2, 0.25) is 0 Å². The van der Waals surface area contributed by atoms with E-state index in [0.29, 0.717) is 24.3 Å². The highest BCUT2D eigenvalue weighted by atomic mass is 16.5. The predicted octanol–water partition coefficient (Wildman–Crippen LogP) is 2.47. The maximum atomic E-state index is 12.3. The molecule has 0 heterocycles. The quantitative estimate of drug-likeness (QED) is 0.442. The van der Waals surface area contributed by atoms with Gasteiger partial charge in [-0.25, -0.2) is 0 Å². The lowest BCUT2D eigenvalue weighted by molar-refractivity contribution is -0.143. The van der Waals surface area contributed by atoms with Crippen LogP contribution in [0.5, 0.6) is 5.75 Å². The molecule has 1 atom stereocenters. The smallest absolute Gasteiger partial charge is 0.316 e. The number of ketones is 1. The standard InChI is InChI=1S/C14H18O4/c1-4-10(14(16)17-3)13(15)11-8-6-7-9-12(11)18-5-2/h6-10H,4-5H2,1-3H3. The molecule has 0 saturated carbocycles. The van der Waals surface area contributed by atoms with E-state index in [9.17, 15) is 9.59 Å².